The van der Waals surface area contributed by atoms with E-state index in [4.69, 9.17) is 9.84 Å². The number of hydrogen-bond donors (Lipinski definition) is 1. The first-order valence-corrected chi connectivity index (χ1v) is 5.91. The summed E-state index contributed by atoms with van der Waals surface area (Å²) in [5.41, 5.74) is 1.01. The quantitative estimate of drug-likeness (QED) is 0.931. The number of halogens is 2. The Labute approximate surface area is 114 Å². The molecule has 2 aromatic carbocycles. The van der Waals surface area contributed by atoms with Crippen LogP contribution in [0.2, 0.25) is 0 Å². The lowest BCUT2D eigenvalue weighted by Gasteiger charge is -2.10. The topological polar surface area (TPSA) is 46.5 Å². The minimum atomic E-state index is -1.07. The molecule has 0 aliphatic rings. The number of carboxylic acids is 1. The zero-order chi connectivity index (χ0) is 14.7. The third kappa shape index (κ3) is 3.32. The van der Waals surface area contributed by atoms with Crippen molar-refractivity contribution < 1.29 is 23.4 Å². The van der Waals surface area contributed by atoms with Crippen molar-refractivity contribution in [2.24, 2.45) is 0 Å². The van der Waals surface area contributed by atoms with Crippen molar-refractivity contribution in [3.05, 3.63) is 54.1 Å². The van der Waals surface area contributed by atoms with Gasteiger partial charge in [-0.3, -0.25) is 0 Å². The molecule has 0 amide bonds. The minimum absolute atomic E-state index is 0.375. The molecule has 3 nitrogen and oxygen atoms in total. The standard InChI is InChI=1S/C15H12F2O3/c1-9(15(18)19)20-14-4-2-10(3-5-14)11-6-12(16)8-13(17)7-11/h2-9H,1H3,(H,18,19). The highest BCUT2D eigenvalue weighted by Crippen LogP contribution is 2.24. The molecule has 5 heteroatoms. The Bertz CT molecular complexity index is 603. The number of carboxylic acid groups (broad SMARTS) is 1. The smallest absolute Gasteiger partial charge is 0.344 e. The summed E-state index contributed by atoms with van der Waals surface area (Å²) in [6.07, 6.45) is -0.965. The Hall–Kier alpha value is -2.43. The van der Waals surface area contributed by atoms with E-state index in [1.54, 1.807) is 24.3 Å². The van der Waals surface area contributed by atoms with Gasteiger partial charge in [-0.05, 0) is 42.3 Å². The maximum Gasteiger partial charge on any atom is 0.344 e. The molecule has 104 valence electrons. The van der Waals surface area contributed by atoms with Crippen LogP contribution in [0.15, 0.2) is 42.5 Å². The molecule has 0 bridgehead atoms. The van der Waals surface area contributed by atoms with E-state index < -0.39 is 23.7 Å². The molecule has 20 heavy (non-hydrogen) atoms. The van der Waals surface area contributed by atoms with E-state index >= 15 is 0 Å². The van der Waals surface area contributed by atoms with E-state index in [9.17, 15) is 13.6 Å². The molecular formula is C15H12F2O3. The summed E-state index contributed by atoms with van der Waals surface area (Å²) >= 11 is 0. The lowest BCUT2D eigenvalue weighted by Crippen LogP contribution is -2.22. The van der Waals surface area contributed by atoms with Crippen LogP contribution in [0.1, 0.15) is 6.92 Å². The summed E-state index contributed by atoms with van der Waals surface area (Å²) in [7, 11) is 0. The Morgan fingerprint density at radius 3 is 2.10 bits per heavy atom. The van der Waals surface area contributed by atoms with Gasteiger partial charge in [0.05, 0.1) is 0 Å². The van der Waals surface area contributed by atoms with Crippen LogP contribution in [0, 0.1) is 11.6 Å². The van der Waals surface area contributed by atoms with Crippen molar-refractivity contribution in [1.82, 2.24) is 0 Å². The van der Waals surface area contributed by atoms with Gasteiger partial charge in [0.15, 0.2) is 6.10 Å². The summed E-state index contributed by atoms with van der Waals surface area (Å²) in [4.78, 5) is 10.7. The minimum Gasteiger partial charge on any atom is -0.479 e. The molecule has 2 rings (SSSR count). The van der Waals surface area contributed by atoms with E-state index in [0.717, 1.165) is 6.07 Å². The second kappa shape index (κ2) is 5.69. The molecule has 1 N–H and O–H groups in total. The van der Waals surface area contributed by atoms with E-state index in [1.165, 1.54) is 19.1 Å². The first-order valence-electron chi connectivity index (χ1n) is 5.91. The first-order chi connectivity index (χ1) is 9.45. The van der Waals surface area contributed by atoms with Gasteiger partial charge >= 0.3 is 5.97 Å². The molecule has 0 heterocycles. The molecule has 0 saturated heterocycles. The second-order valence-electron chi connectivity index (χ2n) is 4.28. The fourth-order valence-corrected chi connectivity index (χ4v) is 1.70. The van der Waals surface area contributed by atoms with Crippen LogP contribution >= 0.6 is 0 Å². The highest BCUT2D eigenvalue weighted by Gasteiger charge is 2.12. The molecule has 0 saturated carbocycles. The Morgan fingerprint density at radius 1 is 1.05 bits per heavy atom. The van der Waals surface area contributed by atoms with Gasteiger partial charge in [-0.1, -0.05) is 12.1 Å². The van der Waals surface area contributed by atoms with Gasteiger partial charge in [-0.25, -0.2) is 13.6 Å². The van der Waals surface area contributed by atoms with E-state index in [-0.39, 0.29) is 0 Å². The summed E-state index contributed by atoms with van der Waals surface area (Å²) in [5.74, 6) is -2.00. The normalized spacial score (nSPS) is 11.9. The third-order valence-corrected chi connectivity index (χ3v) is 2.71. The van der Waals surface area contributed by atoms with Gasteiger partial charge in [0.2, 0.25) is 0 Å². The summed E-state index contributed by atoms with van der Waals surface area (Å²) in [6, 6.07) is 9.57. The van der Waals surface area contributed by atoms with Crippen LogP contribution in [0.3, 0.4) is 0 Å². The van der Waals surface area contributed by atoms with Crippen LogP contribution in [0.4, 0.5) is 8.78 Å². The SMILES string of the molecule is CC(Oc1ccc(-c2cc(F)cc(F)c2)cc1)C(=O)O. The fourth-order valence-electron chi connectivity index (χ4n) is 1.70. The Morgan fingerprint density at radius 2 is 1.60 bits per heavy atom. The van der Waals surface area contributed by atoms with Gasteiger partial charge in [0, 0.05) is 6.07 Å². The van der Waals surface area contributed by atoms with Crippen molar-refractivity contribution >= 4 is 5.97 Å². The molecule has 1 atom stereocenters. The van der Waals surface area contributed by atoms with Gasteiger partial charge in [0.1, 0.15) is 17.4 Å². The molecule has 0 aliphatic carbocycles. The van der Waals surface area contributed by atoms with E-state index in [0.29, 0.717) is 16.9 Å². The highest BCUT2D eigenvalue weighted by atomic mass is 19.1. The van der Waals surface area contributed by atoms with E-state index in [2.05, 4.69) is 0 Å². The van der Waals surface area contributed by atoms with E-state index in [1.807, 2.05) is 0 Å². The molecule has 0 radical (unpaired) electrons. The lowest BCUT2D eigenvalue weighted by atomic mass is 10.1. The highest BCUT2D eigenvalue weighted by molar-refractivity contribution is 5.72. The predicted octanol–water partition coefficient (Wildman–Crippen LogP) is 3.48. The third-order valence-electron chi connectivity index (χ3n) is 2.71. The zero-order valence-electron chi connectivity index (χ0n) is 10.6. The maximum atomic E-state index is 13.1. The molecule has 0 aliphatic heterocycles. The zero-order valence-corrected chi connectivity index (χ0v) is 10.6. The monoisotopic (exact) mass is 278 g/mol. The molecule has 0 spiro atoms. The number of ether oxygens (including phenoxy) is 1. The van der Waals surface area contributed by atoms with Crippen LogP contribution in [-0.4, -0.2) is 17.2 Å². The summed E-state index contributed by atoms with van der Waals surface area (Å²) < 4.78 is 31.4. The fraction of sp³-hybridized carbons (Fsp3) is 0.133. The molecule has 0 aromatic heterocycles. The molecular weight excluding hydrogens is 266 g/mol. The first kappa shape index (κ1) is 14.0. The number of benzene rings is 2. The summed E-state index contributed by atoms with van der Waals surface area (Å²) in [5, 5.41) is 8.73. The number of carbonyl (C=O) groups is 1. The van der Waals surface area contributed by atoms with Crippen LogP contribution in [-0.2, 0) is 4.79 Å². The van der Waals surface area contributed by atoms with Crippen LogP contribution in [0.25, 0.3) is 11.1 Å². The van der Waals surface area contributed by atoms with Crippen molar-refractivity contribution in [2.45, 2.75) is 13.0 Å². The molecule has 2 aromatic rings. The number of hydrogen-bond acceptors (Lipinski definition) is 2. The average Bonchev–Trinajstić information content (AvgIpc) is 2.38. The molecule has 1 unspecified atom stereocenters. The van der Waals surface area contributed by atoms with Crippen LogP contribution < -0.4 is 4.74 Å². The molecule has 0 fully saturated rings. The average molecular weight is 278 g/mol. The van der Waals surface area contributed by atoms with Crippen molar-refractivity contribution in [1.29, 1.82) is 0 Å². The Kier molecular flexibility index (Phi) is 3.98. The number of aliphatic carboxylic acids is 1. The van der Waals surface area contributed by atoms with Crippen LogP contribution in [0.5, 0.6) is 5.75 Å². The van der Waals surface area contributed by atoms with Gasteiger partial charge < -0.3 is 9.84 Å². The van der Waals surface area contributed by atoms with Gasteiger partial charge in [0.25, 0.3) is 0 Å². The van der Waals surface area contributed by atoms with Crippen molar-refractivity contribution in [3.8, 4) is 16.9 Å². The lowest BCUT2D eigenvalue weighted by molar-refractivity contribution is -0.144. The van der Waals surface area contributed by atoms with Crippen molar-refractivity contribution in [3.63, 3.8) is 0 Å². The predicted molar refractivity (Wildman–Crippen MR) is 69.5 cm³/mol. The largest absolute Gasteiger partial charge is 0.479 e. The Balaban J connectivity index is 2.21. The second-order valence-corrected chi connectivity index (χ2v) is 4.28. The van der Waals surface area contributed by atoms with Gasteiger partial charge in [-0.2, -0.15) is 0 Å². The van der Waals surface area contributed by atoms with Gasteiger partial charge in [-0.15, -0.1) is 0 Å². The maximum absolute atomic E-state index is 13.1. The summed E-state index contributed by atoms with van der Waals surface area (Å²) in [6.45, 7) is 1.41. The van der Waals surface area contributed by atoms with Crippen molar-refractivity contribution in [2.75, 3.05) is 0 Å². The number of rotatable bonds is 4.